The van der Waals surface area contributed by atoms with E-state index >= 15 is 0 Å². The van der Waals surface area contributed by atoms with Gasteiger partial charge in [-0.2, -0.15) is 0 Å². The van der Waals surface area contributed by atoms with Gasteiger partial charge in [-0.15, -0.1) is 0 Å². The summed E-state index contributed by atoms with van der Waals surface area (Å²) in [4.78, 5) is 33.4. The number of fused-ring (bicyclic) bond motifs is 1. The van der Waals surface area contributed by atoms with E-state index in [-0.39, 0.29) is 12.2 Å². The summed E-state index contributed by atoms with van der Waals surface area (Å²) < 4.78 is 7.81. The van der Waals surface area contributed by atoms with Crippen molar-refractivity contribution in [3.63, 3.8) is 0 Å². The molecule has 11 heteroatoms. The van der Waals surface area contributed by atoms with Gasteiger partial charge in [0.05, 0.1) is 32.0 Å². The fourth-order valence-electron chi connectivity index (χ4n) is 3.93. The van der Waals surface area contributed by atoms with Gasteiger partial charge in [-0.3, -0.25) is 9.55 Å². The fraction of sp³-hybridized carbons (Fsp3) is 0.320. The molecule has 2 aromatic carbocycles. The molecule has 190 valence electrons. The van der Waals surface area contributed by atoms with E-state index in [1.165, 1.54) is 4.57 Å². The van der Waals surface area contributed by atoms with Crippen LogP contribution in [0.15, 0.2) is 61.5 Å². The van der Waals surface area contributed by atoms with E-state index in [1.54, 1.807) is 36.4 Å². The summed E-state index contributed by atoms with van der Waals surface area (Å²) in [5, 5.41) is 30.6. The first-order valence-electron chi connectivity index (χ1n) is 11.4. The summed E-state index contributed by atoms with van der Waals surface area (Å²) in [5.41, 5.74) is -0.776. The van der Waals surface area contributed by atoms with Gasteiger partial charge in [0.15, 0.2) is 0 Å². The average molecular weight is 515 g/mol. The van der Waals surface area contributed by atoms with E-state index < -0.39 is 36.7 Å². The second-order valence-corrected chi connectivity index (χ2v) is 9.11. The summed E-state index contributed by atoms with van der Waals surface area (Å²) in [6.45, 7) is 1.70. The number of nitrogens with zero attached hydrogens (tertiary/aromatic N) is 3. The molecular weight excluding hydrogens is 488 g/mol. The van der Waals surface area contributed by atoms with Crippen LogP contribution in [0, 0.1) is 6.92 Å². The van der Waals surface area contributed by atoms with E-state index in [1.807, 2.05) is 19.9 Å². The van der Waals surface area contributed by atoms with Crippen molar-refractivity contribution >= 4 is 28.3 Å². The van der Waals surface area contributed by atoms with Crippen molar-refractivity contribution in [2.24, 2.45) is 4.99 Å². The largest absolute Gasteiger partial charge is 0.461 e. The van der Waals surface area contributed by atoms with Crippen molar-refractivity contribution in [3.8, 4) is 0 Å². The Bertz CT molecular complexity index is 1580. The number of aliphatic hydroxyl groups is 3. The number of halogens is 1. The van der Waals surface area contributed by atoms with Crippen molar-refractivity contribution < 1.29 is 19.7 Å². The monoisotopic (exact) mass is 514 g/mol. The fourth-order valence-corrected chi connectivity index (χ4v) is 4.06. The Morgan fingerprint density at radius 3 is 2.42 bits per heavy atom. The number of hydrogen-bond acceptors (Lipinski definition) is 7. The summed E-state index contributed by atoms with van der Waals surface area (Å²) in [6, 6.07) is 12.1. The van der Waals surface area contributed by atoms with Crippen LogP contribution in [0.25, 0.3) is 11.0 Å². The highest BCUT2D eigenvalue weighted by molar-refractivity contribution is 6.30. The number of aliphatic hydroxyl groups excluding tert-OH is 2. The van der Waals surface area contributed by atoms with E-state index in [0.717, 1.165) is 27.7 Å². The third-order valence-electron chi connectivity index (χ3n) is 6.05. The predicted octanol–water partition coefficient (Wildman–Crippen LogP) is 1.60. The Balaban J connectivity index is 1.91. The van der Waals surface area contributed by atoms with Gasteiger partial charge in [-0.25, -0.2) is 19.1 Å². The predicted molar refractivity (Wildman–Crippen MR) is 135 cm³/mol. The highest BCUT2D eigenvalue weighted by Crippen LogP contribution is 2.29. The van der Waals surface area contributed by atoms with Crippen molar-refractivity contribution in [2.45, 2.75) is 39.0 Å². The van der Waals surface area contributed by atoms with Crippen molar-refractivity contribution in [3.05, 3.63) is 91.0 Å². The minimum Gasteiger partial charge on any atom is -0.461 e. The third-order valence-corrected chi connectivity index (χ3v) is 6.30. The molecule has 0 bridgehead atoms. The molecule has 0 saturated carbocycles. The first-order valence-corrected chi connectivity index (χ1v) is 11.7. The average Bonchev–Trinajstić information content (AvgIpc) is 3.20. The standard InChI is InChI=1S/C25H27ClN4O6/c1-3-20-15(2)19-10-18(8-9-21(19)36-20)27-22-28-23(33)30(12-25(35,13-31)14-32)24(34)29(22)11-16-4-6-17(26)7-5-16/h4-10,31-32,35H,3,11-14H2,1-2H3,(H,27,28,33). The maximum Gasteiger partial charge on any atom is 0.335 e. The lowest BCUT2D eigenvalue weighted by atomic mass is 10.1. The van der Waals surface area contributed by atoms with Crippen molar-refractivity contribution in [1.29, 1.82) is 0 Å². The van der Waals surface area contributed by atoms with Crippen LogP contribution in [0.4, 0.5) is 5.69 Å². The number of furan rings is 1. The first kappa shape index (κ1) is 25.6. The topological polar surface area (TPSA) is 146 Å². The van der Waals surface area contributed by atoms with Crippen LogP contribution in [-0.2, 0) is 19.5 Å². The molecule has 4 rings (SSSR count). The van der Waals surface area contributed by atoms with Crippen LogP contribution in [-0.4, -0.2) is 48.3 Å². The minimum absolute atomic E-state index is 0.0102. The molecule has 2 heterocycles. The van der Waals surface area contributed by atoms with Gasteiger partial charge in [0.2, 0.25) is 5.62 Å². The highest BCUT2D eigenvalue weighted by atomic mass is 35.5. The lowest BCUT2D eigenvalue weighted by molar-refractivity contribution is -0.0676. The molecule has 4 aromatic rings. The number of aromatic amines is 1. The second-order valence-electron chi connectivity index (χ2n) is 8.67. The lowest BCUT2D eigenvalue weighted by Crippen LogP contribution is -2.55. The number of nitrogens with one attached hydrogen (secondary N) is 1. The van der Waals surface area contributed by atoms with Gasteiger partial charge in [0, 0.05) is 16.8 Å². The Morgan fingerprint density at radius 1 is 1.08 bits per heavy atom. The molecule has 0 radical (unpaired) electrons. The molecule has 0 aliphatic carbocycles. The van der Waals surface area contributed by atoms with Gasteiger partial charge >= 0.3 is 11.4 Å². The Labute approximate surface area is 210 Å². The van der Waals surface area contributed by atoms with Crippen LogP contribution in [0.1, 0.15) is 23.8 Å². The molecule has 0 spiro atoms. The van der Waals surface area contributed by atoms with E-state index in [9.17, 15) is 24.9 Å². The molecule has 0 saturated heterocycles. The van der Waals surface area contributed by atoms with Crippen molar-refractivity contribution in [2.75, 3.05) is 13.2 Å². The Kier molecular flexibility index (Phi) is 7.32. The second kappa shape index (κ2) is 10.3. The summed E-state index contributed by atoms with van der Waals surface area (Å²) >= 11 is 5.99. The van der Waals surface area contributed by atoms with E-state index in [4.69, 9.17) is 16.0 Å². The number of aromatic nitrogens is 3. The SMILES string of the molecule is CCc1oc2ccc(/N=c3\[nH]c(=O)n(CC(O)(CO)CO)c(=O)n3Cc3ccc(Cl)cc3)cc2c1C. The lowest BCUT2D eigenvalue weighted by Gasteiger charge is -2.23. The Hall–Kier alpha value is -3.44. The van der Waals surface area contributed by atoms with Crippen LogP contribution < -0.4 is 17.0 Å². The molecule has 0 unspecified atom stereocenters. The zero-order chi connectivity index (χ0) is 26.0. The number of benzene rings is 2. The number of aryl methyl sites for hydroxylation is 2. The maximum absolute atomic E-state index is 13.4. The molecule has 0 aliphatic heterocycles. The molecular formula is C25H27ClN4O6. The summed E-state index contributed by atoms with van der Waals surface area (Å²) in [6.07, 6.45) is 0.744. The normalized spacial score (nSPS) is 12.6. The molecule has 0 fully saturated rings. The zero-order valence-electron chi connectivity index (χ0n) is 19.9. The molecule has 0 atom stereocenters. The Morgan fingerprint density at radius 2 is 1.78 bits per heavy atom. The molecule has 2 aromatic heterocycles. The quantitative estimate of drug-likeness (QED) is 0.281. The first-order chi connectivity index (χ1) is 17.2. The van der Waals surface area contributed by atoms with E-state index in [0.29, 0.717) is 21.9 Å². The molecule has 4 N–H and O–H groups in total. The molecule has 0 amide bonds. The summed E-state index contributed by atoms with van der Waals surface area (Å²) in [7, 11) is 0. The maximum atomic E-state index is 13.4. The zero-order valence-corrected chi connectivity index (χ0v) is 20.6. The van der Waals surface area contributed by atoms with Crippen LogP contribution in [0.3, 0.4) is 0 Å². The van der Waals surface area contributed by atoms with Gasteiger partial charge in [-0.1, -0.05) is 30.7 Å². The van der Waals surface area contributed by atoms with E-state index in [2.05, 4.69) is 9.98 Å². The minimum atomic E-state index is -2.06. The smallest absolute Gasteiger partial charge is 0.335 e. The third kappa shape index (κ3) is 5.07. The molecule has 10 nitrogen and oxygen atoms in total. The van der Waals surface area contributed by atoms with Gasteiger partial charge in [-0.05, 0) is 48.4 Å². The van der Waals surface area contributed by atoms with Gasteiger partial charge in [0.25, 0.3) is 0 Å². The molecule has 36 heavy (non-hydrogen) atoms. The van der Waals surface area contributed by atoms with Crippen molar-refractivity contribution in [1.82, 2.24) is 14.1 Å². The highest BCUT2D eigenvalue weighted by Gasteiger charge is 2.28. The molecule has 0 aliphatic rings. The summed E-state index contributed by atoms with van der Waals surface area (Å²) in [5.74, 6) is 0.871. The van der Waals surface area contributed by atoms with Crippen LogP contribution >= 0.6 is 11.6 Å². The van der Waals surface area contributed by atoms with Crippen LogP contribution in [0.5, 0.6) is 0 Å². The van der Waals surface area contributed by atoms with Gasteiger partial charge < -0.3 is 19.7 Å². The number of rotatable bonds is 8. The van der Waals surface area contributed by atoms with Crippen LogP contribution in [0.2, 0.25) is 5.02 Å². The number of hydrogen-bond donors (Lipinski definition) is 4. The van der Waals surface area contributed by atoms with Gasteiger partial charge in [0.1, 0.15) is 16.9 Å². The number of H-pyrrole nitrogens is 1.